The molecule has 0 saturated carbocycles. The lowest BCUT2D eigenvalue weighted by atomic mass is 10.1. The maximum Gasteiger partial charge on any atom is 0.273 e. The number of nitro benzene ring substituents is 1. The first-order valence-corrected chi connectivity index (χ1v) is 14.4. The predicted molar refractivity (Wildman–Crippen MR) is 156 cm³/mol. The van der Waals surface area contributed by atoms with Gasteiger partial charge < -0.3 is 15.0 Å². The smallest absolute Gasteiger partial charge is 0.273 e. The molecule has 0 spiro atoms. The second kappa shape index (κ2) is 13.2. The van der Waals surface area contributed by atoms with Gasteiger partial charge in [0.2, 0.25) is 11.8 Å². The fraction of sp³-hybridized carbons (Fsp3) is 0.259. The van der Waals surface area contributed by atoms with Crippen molar-refractivity contribution >= 4 is 56.4 Å². The number of aryl methyl sites for hydroxylation is 1. The summed E-state index contributed by atoms with van der Waals surface area (Å²) < 4.78 is 34.2. The molecule has 0 radical (unpaired) electrons. The summed E-state index contributed by atoms with van der Waals surface area (Å²) in [6.07, 6.45) is 0. The predicted octanol–water partition coefficient (Wildman–Crippen LogP) is 4.58. The van der Waals surface area contributed by atoms with Crippen molar-refractivity contribution in [3.8, 4) is 5.75 Å². The number of nitrogens with zero attached hydrogens (tertiary/aromatic N) is 3. The van der Waals surface area contributed by atoms with Crippen LogP contribution in [0.1, 0.15) is 18.1 Å². The number of rotatable bonds is 11. The third-order valence-electron chi connectivity index (χ3n) is 6.33. The molecule has 14 heteroatoms. The highest BCUT2D eigenvalue weighted by molar-refractivity contribution is 7.92. The van der Waals surface area contributed by atoms with Gasteiger partial charge in [0.25, 0.3) is 15.7 Å². The van der Waals surface area contributed by atoms with E-state index >= 15 is 0 Å². The Morgan fingerprint density at radius 2 is 1.68 bits per heavy atom. The van der Waals surface area contributed by atoms with Crippen molar-refractivity contribution in [1.82, 2.24) is 10.2 Å². The zero-order chi connectivity index (χ0) is 30.5. The van der Waals surface area contributed by atoms with E-state index in [-0.39, 0.29) is 28.6 Å². The number of carbonyl (C=O) groups excluding carboxylic acids is 2. The van der Waals surface area contributed by atoms with Crippen LogP contribution in [0, 0.1) is 17.0 Å². The Bertz CT molecular complexity index is 1570. The van der Waals surface area contributed by atoms with E-state index in [2.05, 4.69) is 5.32 Å². The van der Waals surface area contributed by atoms with E-state index in [9.17, 15) is 28.1 Å². The minimum Gasteiger partial charge on any atom is -0.495 e. The van der Waals surface area contributed by atoms with Gasteiger partial charge >= 0.3 is 0 Å². The molecule has 218 valence electrons. The molecule has 3 aromatic rings. The maximum atomic E-state index is 14.1. The Balaban J connectivity index is 2.16. The highest BCUT2D eigenvalue weighted by Crippen LogP contribution is 2.36. The van der Waals surface area contributed by atoms with Gasteiger partial charge in [-0.1, -0.05) is 41.4 Å². The highest BCUT2D eigenvalue weighted by atomic mass is 35.5. The summed E-state index contributed by atoms with van der Waals surface area (Å²) in [6, 6.07) is 13.3. The number of ether oxygens (including phenoxy) is 1. The van der Waals surface area contributed by atoms with Crippen molar-refractivity contribution in [2.24, 2.45) is 0 Å². The number of benzene rings is 3. The van der Waals surface area contributed by atoms with Crippen LogP contribution in [0.5, 0.6) is 5.75 Å². The molecule has 0 bridgehead atoms. The molecule has 0 aliphatic rings. The first-order valence-electron chi connectivity index (χ1n) is 12.2. The van der Waals surface area contributed by atoms with Gasteiger partial charge in [0, 0.05) is 35.3 Å². The van der Waals surface area contributed by atoms with E-state index in [1.54, 1.807) is 24.3 Å². The van der Waals surface area contributed by atoms with Crippen LogP contribution >= 0.6 is 23.2 Å². The standard InChI is InChI=1S/C27H28Cl2N4O7S/c1-17-5-11-22(14-23(17)33(36)37)41(38,39)32(24-13-21(29)10-12-25(24)40-4)16-26(34)31(18(2)27(35)30-3)15-19-6-8-20(28)9-7-19/h5-14,18H,15-16H2,1-4H3,(H,30,35)/t18-/m1/s1. The minimum absolute atomic E-state index is 0.0405. The summed E-state index contributed by atoms with van der Waals surface area (Å²) in [7, 11) is -1.88. The molecule has 0 heterocycles. The number of carbonyl (C=O) groups is 2. The number of likely N-dealkylation sites (N-methyl/N-ethyl adjacent to an activating group) is 1. The number of nitro groups is 1. The van der Waals surface area contributed by atoms with E-state index in [0.29, 0.717) is 10.6 Å². The van der Waals surface area contributed by atoms with Crippen LogP contribution in [-0.4, -0.2) is 56.8 Å². The average molecular weight is 624 g/mol. The van der Waals surface area contributed by atoms with Crippen LogP contribution < -0.4 is 14.4 Å². The monoisotopic (exact) mass is 622 g/mol. The fourth-order valence-corrected chi connectivity index (χ4v) is 5.75. The molecule has 0 saturated heterocycles. The molecule has 2 amide bonds. The normalized spacial score (nSPS) is 11.9. The third kappa shape index (κ3) is 7.26. The van der Waals surface area contributed by atoms with Crippen molar-refractivity contribution in [3.63, 3.8) is 0 Å². The zero-order valence-electron chi connectivity index (χ0n) is 22.6. The lowest BCUT2D eigenvalue weighted by Crippen LogP contribution is -2.50. The Morgan fingerprint density at radius 1 is 1.05 bits per heavy atom. The molecule has 1 N–H and O–H groups in total. The molecule has 0 aliphatic carbocycles. The van der Waals surface area contributed by atoms with Crippen molar-refractivity contribution < 1.29 is 27.7 Å². The second-order valence-electron chi connectivity index (χ2n) is 8.97. The molecule has 0 unspecified atom stereocenters. The molecule has 0 aromatic heterocycles. The van der Waals surface area contributed by atoms with E-state index in [0.717, 1.165) is 10.4 Å². The third-order valence-corrected chi connectivity index (χ3v) is 8.58. The van der Waals surface area contributed by atoms with E-state index in [1.807, 2.05) is 0 Å². The van der Waals surface area contributed by atoms with Crippen LogP contribution in [0.3, 0.4) is 0 Å². The Hall–Kier alpha value is -3.87. The number of hydrogen-bond donors (Lipinski definition) is 1. The fourth-order valence-electron chi connectivity index (χ4n) is 4.02. The number of anilines is 1. The first kappa shape index (κ1) is 31.7. The maximum absolute atomic E-state index is 14.1. The van der Waals surface area contributed by atoms with Crippen LogP contribution in [0.4, 0.5) is 11.4 Å². The van der Waals surface area contributed by atoms with Crippen molar-refractivity contribution in [2.45, 2.75) is 31.3 Å². The Labute approximate surface area is 247 Å². The minimum atomic E-state index is -4.61. The summed E-state index contributed by atoms with van der Waals surface area (Å²) in [5.41, 5.74) is 0.413. The van der Waals surface area contributed by atoms with Crippen LogP contribution in [0.25, 0.3) is 0 Å². The van der Waals surface area contributed by atoms with Gasteiger partial charge in [0.15, 0.2) is 0 Å². The lowest BCUT2D eigenvalue weighted by Gasteiger charge is -2.32. The summed E-state index contributed by atoms with van der Waals surface area (Å²) in [6.45, 7) is 2.16. The van der Waals surface area contributed by atoms with Gasteiger partial charge in [-0.2, -0.15) is 0 Å². The van der Waals surface area contributed by atoms with Gasteiger partial charge in [0.1, 0.15) is 18.3 Å². The molecule has 0 fully saturated rings. The number of halogens is 2. The quantitative estimate of drug-likeness (QED) is 0.244. The van der Waals surface area contributed by atoms with E-state index in [1.165, 1.54) is 63.2 Å². The number of nitrogens with one attached hydrogen (secondary N) is 1. The lowest BCUT2D eigenvalue weighted by molar-refractivity contribution is -0.385. The van der Waals surface area contributed by atoms with E-state index in [4.69, 9.17) is 27.9 Å². The van der Waals surface area contributed by atoms with Crippen molar-refractivity contribution in [1.29, 1.82) is 0 Å². The molecule has 3 aromatic carbocycles. The molecular formula is C27H28Cl2N4O7S. The average Bonchev–Trinajstić information content (AvgIpc) is 2.94. The van der Waals surface area contributed by atoms with Crippen molar-refractivity contribution in [2.75, 3.05) is 25.0 Å². The largest absolute Gasteiger partial charge is 0.495 e. The highest BCUT2D eigenvalue weighted by Gasteiger charge is 2.34. The zero-order valence-corrected chi connectivity index (χ0v) is 25.0. The summed E-state index contributed by atoms with van der Waals surface area (Å²) in [4.78, 5) is 38.2. The van der Waals surface area contributed by atoms with Gasteiger partial charge in [-0.15, -0.1) is 0 Å². The van der Waals surface area contributed by atoms with Crippen LogP contribution in [-0.2, 0) is 26.2 Å². The SMILES string of the molecule is CNC(=O)[C@@H](C)N(Cc1ccc(Cl)cc1)C(=O)CN(c1cc(Cl)ccc1OC)S(=O)(=O)c1ccc(C)c([N+](=O)[O-])c1. The Morgan fingerprint density at radius 3 is 2.27 bits per heavy atom. The second-order valence-corrected chi connectivity index (χ2v) is 11.7. The number of amides is 2. The van der Waals surface area contributed by atoms with Crippen LogP contribution in [0.15, 0.2) is 65.6 Å². The number of methoxy groups -OCH3 is 1. The Kier molecular flexibility index (Phi) is 10.2. The summed E-state index contributed by atoms with van der Waals surface area (Å²) >= 11 is 12.2. The summed E-state index contributed by atoms with van der Waals surface area (Å²) in [5, 5.41) is 14.7. The van der Waals surface area contributed by atoms with Gasteiger partial charge in [-0.25, -0.2) is 8.42 Å². The topological polar surface area (TPSA) is 139 Å². The van der Waals surface area contributed by atoms with Crippen molar-refractivity contribution in [3.05, 3.63) is 92.0 Å². The van der Waals surface area contributed by atoms with Gasteiger partial charge in [-0.05, 0) is 55.8 Å². The van der Waals surface area contributed by atoms with Gasteiger partial charge in [-0.3, -0.25) is 24.0 Å². The van der Waals surface area contributed by atoms with E-state index < -0.39 is 49.9 Å². The van der Waals surface area contributed by atoms with Gasteiger partial charge in [0.05, 0.1) is 22.6 Å². The first-order chi connectivity index (χ1) is 19.3. The molecule has 0 aliphatic heterocycles. The molecule has 3 rings (SSSR count). The van der Waals surface area contributed by atoms with Crippen LogP contribution in [0.2, 0.25) is 10.0 Å². The summed E-state index contributed by atoms with van der Waals surface area (Å²) in [5.74, 6) is -1.13. The number of sulfonamides is 1. The molecule has 11 nitrogen and oxygen atoms in total. The molecule has 1 atom stereocenters. The molecular weight excluding hydrogens is 595 g/mol. The molecule has 41 heavy (non-hydrogen) atoms. The number of hydrogen-bond acceptors (Lipinski definition) is 7.